The normalized spacial score (nSPS) is 18.3. The van der Waals surface area contributed by atoms with Crippen molar-refractivity contribution in [2.75, 3.05) is 13.7 Å². The predicted octanol–water partition coefficient (Wildman–Crippen LogP) is 4.24. The highest BCUT2D eigenvalue weighted by Gasteiger charge is 2.26. The Bertz CT molecular complexity index is 1310. The number of hydrogen-bond acceptors (Lipinski definition) is 7. The number of aromatic amines is 1. The van der Waals surface area contributed by atoms with Crippen molar-refractivity contribution in [1.29, 1.82) is 0 Å². The Labute approximate surface area is 187 Å². The van der Waals surface area contributed by atoms with E-state index in [1.807, 2.05) is 24.3 Å². The maximum atomic E-state index is 13.0. The van der Waals surface area contributed by atoms with Gasteiger partial charge in [0.15, 0.2) is 0 Å². The minimum atomic E-state index is -0.537. The number of aromatic nitrogens is 2. The number of aliphatic hydroxyl groups excluding tert-OH is 1. The average Bonchev–Trinajstić information content (AvgIpc) is 3.51. The lowest BCUT2D eigenvalue weighted by atomic mass is 9.98. The molecule has 0 unspecified atom stereocenters. The molecule has 1 aliphatic heterocycles. The van der Waals surface area contributed by atoms with E-state index in [-0.39, 0.29) is 29.2 Å². The number of nitrogens with zero attached hydrogens (tertiary/aromatic N) is 1. The molecule has 3 heterocycles. The molecule has 4 aromatic rings. The summed E-state index contributed by atoms with van der Waals surface area (Å²) < 4.78 is 15.6. The van der Waals surface area contributed by atoms with E-state index in [2.05, 4.69) is 10.1 Å². The predicted molar refractivity (Wildman–Crippen MR) is 116 cm³/mol. The number of hydrogen-bond donors (Lipinski definition) is 3. The maximum absolute atomic E-state index is 13.0. The number of fused-ring (bicyclic) bond motifs is 1. The molecule has 2 atom stereocenters. The summed E-state index contributed by atoms with van der Waals surface area (Å²) in [6, 6.07) is 12.4. The number of aliphatic hydroxyl groups is 1. The van der Waals surface area contributed by atoms with Crippen molar-refractivity contribution < 1.29 is 29.0 Å². The van der Waals surface area contributed by atoms with Crippen molar-refractivity contribution in [2.24, 2.45) is 0 Å². The molecule has 32 heavy (non-hydrogen) atoms. The van der Waals surface area contributed by atoms with Gasteiger partial charge >= 0.3 is 0 Å². The van der Waals surface area contributed by atoms with Gasteiger partial charge in [-0.25, -0.2) is 0 Å². The lowest BCUT2D eigenvalue weighted by Crippen LogP contribution is -2.02. The first-order chi connectivity index (χ1) is 15.4. The van der Waals surface area contributed by atoms with Gasteiger partial charge in [-0.05, 0) is 28.4 Å². The molecule has 2 aromatic carbocycles. The number of aromatic hydroxyl groups is 1. The number of rotatable bonds is 5. The van der Waals surface area contributed by atoms with Crippen molar-refractivity contribution in [3.8, 4) is 22.9 Å². The molecule has 0 bridgehead atoms. The first kappa shape index (κ1) is 20.6. The third kappa shape index (κ3) is 3.52. The second-order valence-electron chi connectivity index (χ2n) is 7.62. The number of carbonyl (C=O) groups is 1. The van der Waals surface area contributed by atoms with Gasteiger partial charge in [0, 0.05) is 17.4 Å². The molecule has 5 rings (SSSR count). The molecular formula is C23H19ClN2O6. The average molecular weight is 455 g/mol. The summed E-state index contributed by atoms with van der Waals surface area (Å²) >= 11 is 6.51. The first-order valence-electron chi connectivity index (χ1n) is 9.94. The summed E-state index contributed by atoms with van der Waals surface area (Å²) in [5, 5.41) is 24.7. The quantitative estimate of drug-likeness (QED) is 0.386. The fourth-order valence-corrected chi connectivity index (χ4v) is 4.23. The summed E-state index contributed by atoms with van der Waals surface area (Å²) in [7, 11) is 1.41. The topological polar surface area (TPSA) is 118 Å². The molecule has 1 fully saturated rings. The fourth-order valence-electron chi connectivity index (χ4n) is 3.96. The van der Waals surface area contributed by atoms with Crippen LogP contribution in [0.1, 0.15) is 34.2 Å². The minimum Gasteiger partial charge on any atom is -0.494 e. The van der Waals surface area contributed by atoms with E-state index in [9.17, 15) is 15.0 Å². The molecule has 2 aromatic heterocycles. The molecule has 0 spiro atoms. The number of H-pyrrole nitrogens is 1. The van der Waals surface area contributed by atoms with Crippen molar-refractivity contribution in [3.63, 3.8) is 0 Å². The molecule has 1 saturated heterocycles. The molecule has 0 radical (unpaired) electrons. The van der Waals surface area contributed by atoms with Crippen LogP contribution in [0.4, 0.5) is 0 Å². The molecule has 0 aliphatic carbocycles. The van der Waals surface area contributed by atoms with Crippen LogP contribution in [0.15, 0.2) is 47.0 Å². The molecule has 1 aliphatic rings. The Morgan fingerprint density at radius 1 is 1.25 bits per heavy atom. The molecule has 0 amide bonds. The molecule has 8 nitrogen and oxygen atoms in total. The van der Waals surface area contributed by atoms with Gasteiger partial charge in [-0.3, -0.25) is 4.79 Å². The molecule has 3 N–H and O–H groups in total. The second kappa shape index (κ2) is 7.98. The lowest BCUT2D eigenvalue weighted by molar-refractivity contribution is 0.0888. The largest absolute Gasteiger partial charge is 0.494 e. The summed E-state index contributed by atoms with van der Waals surface area (Å²) in [4.78, 5) is 15.8. The van der Waals surface area contributed by atoms with Crippen LogP contribution in [0.25, 0.3) is 22.0 Å². The number of nitrogens with one attached hydrogen (secondary N) is 1. The second-order valence-corrected chi connectivity index (χ2v) is 8.03. The monoisotopic (exact) mass is 454 g/mol. The highest BCUT2D eigenvalue weighted by atomic mass is 35.5. The standard InChI is InChI=1S/C23H19ClN2O6/c1-30-20-9-19(32-26-20)22(28)21-15-7-14(16(24)8-17(15)25-23(21)29)11-2-4-12(5-3-11)18-6-13(27)10-31-18/h2-5,7-9,13,18,25,27,29H,6,10H2,1H3/t13-,18-/m0/s1. The zero-order valence-corrected chi connectivity index (χ0v) is 17.7. The lowest BCUT2D eigenvalue weighted by Gasteiger charge is -2.11. The minimum absolute atomic E-state index is 0.0571. The van der Waals surface area contributed by atoms with E-state index in [1.54, 1.807) is 12.1 Å². The van der Waals surface area contributed by atoms with Crippen LogP contribution in [0.2, 0.25) is 5.02 Å². The van der Waals surface area contributed by atoms with Gasteiger partial charge in [-0.15, -0.1) is 0 Å². The van der Waals surface area contributed by atoms with Gasteiger partial charge < -0.3 is 29.2 Å². The Morgan fingerprint density at radius 3 is 2.69 bits per heavy atom. The van der Waals surface area contributed by atoms with Crippen LogP contribution >= 0.6 is 11.6 Å². The van der Waals surface area contributed by atoms with Gasteiger partial charge in [0.05, 0.1) is 48.1 Å². The van der Waals surface area contributed by atoms with Crippen LogP contribution in [-0.2, 0) is 4.74 Å². The molecular weight excluding hydrogens is 436 g/mol. The van der Waals surface area contributed by atoms with E-state index < -0.39 is 11.9 Å². The summed E-state index contributed by atoms with van der Waals surface area (Å²) in [6.07, 6.45) is -0.0214. The highest BCUT2D eigenvalue weighted by molar-refractivity contribution is 6.34. The van der Waals surface area contributed by atoms with Crippen LogP contribution in [0.5, 0.6) is 11.8 Å². The van der Waals surface area contributed by atoms with E-state index in [1.165, 1.54) is 13.2 Å². The number of ketones is 1. The summed E-state index contributed by atoms with van der Waals surface area (Å²) in [6.45, 7) is 0.333. The third-order valence-corrected chi connectivity index (χ3v) is 5.90. The maximum Gasteiger partial charge on any atom is 0.254 e. The molecule has 164 valence electrons. The van der Waals surface area contributed by atoms with E-state index in [0.717, 1.165) is 11.1 Å². The van der Waals surface area contributed by atoms with Crippen molar-refractivity contribution >= 4 is 28.3 Å². The van der Waals surface area contributed by atoms with E-state index >= 15 is 0 Å². The van der Waals surface area contributed by atoms with Gasteiger partial charge in [-0.1, -0.05) is 35.9 Å². The zero-order valence-electron chi connectivity index (χ0n) is 17.0. The number of halogens is 1. The van der Waals surface area contributed by atoms with Crippen molar-refractivity contribution in [2.45, 2.75) is 18.6 Å². The Kier molecular flexibility index (Phi) is 5.13. The third-order valence-electron chi connectivity index (χ3n) is 5.58. The smallest absolute Gasteiger partial charge is 0.254 e. The number of ether oxygens (including phenoxy) is 2. The van der Waals surface area contributed by atoms with E-state index in [0.29, 0.717) is 34.5 Å². The number of carbonyl (C=O) groups excluding carboxylic acids is 1. The Hall–Kier alpha value is -3.33. The van der Waals surface area contributed by atoms with Crippen LogP contribution in [-0.4, -0.2) is 46.0 Å². The SMILES string of the molecule is COc1cc(C(=O)c2c(O)[nH]c3cc(Cl)c(-c4ccc([C@@H]5C[C@H](O)CO5)cc4)cc23)on1. The van der Waals surface area contributed by atoms with Gasteiger partial charge in [0.1, 0.15) is 0 Å². The van der Waals surface area contributed by atoms with Gasteiger partial charge in [0.25, 0.3) is 5.88 Å². The number of benzene rings is 2. The molecule has 9 heteroatoms. The number of methoxy groups -OCH3 is 1. The van der Waals surface area contributed by atoms with Crippen LogP contribution in [0, 0.1) is 0 Å². The van der Waals surface area contributed by atoms with Gasteiger partial charge in [-0.2, -0.15) is 0 Å². The van der Waals surface area contributed by atoms with Crippen LogP contribution < -0.4 is 4.74 Å². The fraction of sp³-hybridized carbons (Fsp3) is 0.217. The highest BCUT2D eigenvalue weighted by Crippen LogP contribution is 2.38. The van der Waals surface area contributed by atoms with E-state index in [4.69, 9.17) is 25.6 Å². The summed E-state index contributed by atoms with van der Waals surface area (Å²) in [5.74, 6) is -0.723. The van der Waals surface area contributed by atoms with Crippen molar-refractivity contribution in [3.05, 3.63) is 64.4 Å². The van der Waals surface area contributed by atoms with Crippen LogP contribution in [0.3, 0.4) is 0 Å². The Balaban J connectivity index is 1.54. The first-order valence-corrected chi connectivity index (χ1v) is 10.3. The summed E-state index contributed by atoms with van der Waals surface area (Å²) in [5.41, 5.74) is 3.07. The Morgan fingerprint density at radius 2 is 2.03 bits per heavy atom. The van der Waals surface area contributed by atoms with Gasteiger partial charge in [0.2, 0.25) is 17.4 Å². The zero-order chi connectivity index (χ0) is 22.4. The molecule has 0 saturated carbocycles. The van der Waals surface area contributed by atoms with Crippen molar-refractivity contribution in [1.82, 2.24) is 10.1 Å².